The van der Waals surface area contributed by atoms with Crippen LogP contribution in [0, 0.1) is 0 Å². The summed E-state index contributed by atoms with van der Waals surface area (Å²) in [7, 11) is 2.72. The minimum Gasteiger partial charge on any atom is -0.239 e. The normalized spacial score (nSPS) is 12.5. The predicted octanol–water partition coefficient (Wildman–Crippen LogP) is -1.28. The van der Waals surface area contributed by atoms with Gasteiger partial charge in [-0.25, -0.2) is 13.0 Å². The first kappa shape index (κ1) is 7.87. The van der Waals surface area contributed by atoms with E-state index in [1.54, 1.807) is 21.1 Å². The molecule has 0 aromatic carbocycles. The van der Waals surface area contributed by atoms with Crippen molar-refractivity contribution in [3.63, 3.8) is 0 Å². The van der Waals surface area contributed by atoms with Crippen LogP contribution in [0.2, 0.25) is 0 Å². The van der Waals surface area contributed by atoms with Crippen LogP contribution in [0.4, 0.5) is 0 Å². The average Bonchev–Trinajstić information content (AvgIpc) is 1.21. The highest BCUT2D eigenvalue weighted by Gasteiger charge is 2.04. The summed E-state index contributed by atoms with van der Waals surface area (Å²) in [5.74, 6) is 0. The minimum atomic E-state index is -2.47. The standard InChI is InChI=1S/C3H11N2O2S/c1-5(2,3)4-8(6)7/h8H,1-3H3,(H,4,6,7)/q+1. The quantitative estimate of drug-likeness (QED) is 0.284. The fourth-order valence-electron chi connectivity index (χ4n) is 0.245. The Kier molecular flexibility index (Phi) is 2.39. The lowest BCUT2D eigenvalue weighted by molar-refractivity contribution is -0.900. The Morgan fingerprint density at radius 1 is 1.25 bits per heavy atom. The van der Waals surface area contributed by atoms with Crippen LogP contribution < -0.4 is 4.83 Å². The van der Waals surface area contributed by atoms with E-state index >= 15 is 0 Å². The SMILES string of the molecule is C[N+](C)(C)N[SH](=O)=O. The topological polar surface area (TPSA) is 46.2 Å². The number of thiol groups is 1. The van der Waals surface area contributed by atoms with Gasteiger partial charge in [0.15, 0.2) is 0 Å². The molecular formula is C3H11N2O2S+. The van der Waals surface area contributed by atoms with Gasteiger partial charge in [-0.1, -0.05) is 4.83 Å². The van der Waals surface area contributed by atoms with Crippen LogP contribution in [0.15, 0.2) is 0 Å². The summed E-state index contributed by atoms with van der Waals surface area (Å²) < 4.78 is 20.1. The zero-order valence-electron chi connectivity index (χ0n) is 5.21. The highest BCUT2D eigenvalue weighted by atomic mass is 32.2. The van der Waals surface area contributed by atoms with Gasteiger partial charge in [-0.15, -0.1) is 0 Å². The Hall–Kier alpha value is -0.130. The van der Waals surface area contributed by atoms with Gasteiger partial charge < -0.3 is 0 Å². The Morgan fingerprint density at radius 2 is 1.62 bits per heavy atom. The minimum absolute atomic E-state index is 0.235. The number of nitrogens with one attached hydrogen (secondary N) is 1. The molecule has 0 aliphatic heterocycles. The summed E-state index contributed by atoms with van der Waals surface area (Å²) in [4.78, 5) is 2.27. The molecule has 5 heteroatoms. The lowest BCUT2D eigenvalue weighted by Gasteiger charge is -2.18. The number of hydrogen-bond acceptors (Lipinski definition) is 2. The maximum atomic E-state index is 9.93. The van der Waals surface area contributed by atoms with Crippen molar-refractivity contribution in [1.82, 2.24) is 4.83 Å². The number of nitrogens with zero attached hydrogens (tertiary/aromatic N) is 1. The highest BCUT2D eigenvalue weighted by Crippen LogP contribution is 1.77. The number of quaternary nitrogens is 1. The van der Waals surface area contributed by atoms with E-state index in [2.05, 4.69) is 4.83 Å². The summed E-state index contributed by atoms with van der Waals surface area (Å²) in [5, 5.41) is 0. The number of rotatable bonds is 2. The van der Waals surface area contributed by atoms with E-state index in [4.69, 9.17) is 0 Å². The largest absolute Gasteiger partial charge is 0.243 e. The van der Waals surface area contributed by atoms with Crippen molar-refractivity contribution in [2.75, 3.05) is 21.1 Å². The zero-order valence-corrected chi connectivity index (χ0v) is 6.11. The van der Waals surface area contributed by atoms with E-state index in [0.29, 0.717) is 0 Å². The van der Waals surface area contributed by atoms with E-state index in [9.17, 15) is 8.42 Å². The van der Waals surface area contributed by atoms with Crippen LogP contribution in [0.25, 0.3) is 0 Å². The average molecular weight is 139 g/mol. The van der Waals surface area contributed by atoms with Gasteiger partial charge in [0.2, 0.25) is 10.9 Å². The van der Waals surface area contributed by atoms with E-state index in [0.717, 1.165) is 0 Å². The summed E-state index contributed by atoms with van der Waals surface area (Å²) in [5.41, 5.74) is 0. The van der Waals surface area contributed by atoms with Crippen LogP contribution >= 0.6 is 0 Å². The first-order chi connectivity index (χ1) is 3.42. The molecule has 50 valence electrons. The third kappa shape index (κ3) is 5.87. The molecule has 0 fully saturated rings. The van der Waals surface area contributed by atoms with Gasteiger partial charge in [0.25, 0.3) is 0 Å². The molecule has 0 aromatic rings. The molecule has 8 heavy (non-hydrogen) atoms. The van der Waals surface area contributed by atoms with Crippen molar-refractivity contribution in [3.05, 3.63) is 0 Å². The van der Waals surface area contributed by atoms with Crippen molar-refractivity contribution in [3.8, 4) is 0 Å². The van der Waals surface area contributed by atoms with Gasteiger partial charge in [-0.2, -0.15) is 0 Å². The van der Waals surface area contributed by atoms with Crippen LogP contribution in [0.5, 0.6) is 0 Å². The van der Waals surface area contributed by atoms with Crippen LogP contribution in [0.3, 0.4) is 0 Å². The molecule has 0 unspecified atom stereocenters. The molecule has 0 saturated heterocycles. The second-order valence-electron chi connectivity index (χ2n) is 2.37. The molecule has 0 heterocycles. The monoisotopic (exact) mass is 139 g/mol. The molecule has 1 N–H and O–H groups in total. The van der Waals surface area contributed by atoms with E-state index in [1.165, 1.54) is 0 Å². The third-order valence-corrected chi connectivity index (χ3v) is 1.14. The van der Waals surface area contributed by atoms with Crippen molar-refractivity contribution in [2.45, 2.75) is 0 Å². The molecule has 0 aromatic heterocycles. The van der Waals surface area contributed by atoms with Crippen molar-refractivity contribution in [1.29, 1.82) is 0 Å². The molecule has 0 amide bonds. The van der Waals surface area contributed by atoms with E-state index in [-0.39, 0.29) is 4.59 Å². The molecule has 4 nitrogen and oxygen atoms in total. The lowest BCUT2D eigenvalue weighted by atomic mass is 10.9. The van der Waals surface area contributed by atoms with Crippen LogP contribution in [0.1, 0.15) is 0 Å². The summed E-state index contributed by atoms with van der Waals surface area (Å²) in [6, 6.07) is 0. The summed E-state index contributed by atoms with van der Waals surface area (Å²) >= 11 is 0. The van der Waals surface area contributed by atoms with Crippen LogP contribution in [-0.4, -0.2) is 34.2 Å². The molecule has 0 radical (unpaired) electrons. The van der Waals surface area contributed by atoms with Crippen molar-refractivity contribution in [2.24, 2.45) is 0 Å². The Balaban J connectivity index is 3.73. The van der Waals surface area contributed by atoms with Crippen molar-refractivity contribution >= 4 is 10.9 Å². The smallest absolute Gasteiger partial charge is 0.239 e. The summed E-state index contributed by atoms with van der Waals surface area (Å²) in [6.07, 6.45) is 0. The fourth-order valence-corrected chi connectivity index (χ4v) is 0.735. The fraction of sp³-hybridized carbons (Fsp3) is 1.00. The first-order valence-corrected chi connectivity index (χ1v) is 3.33. The maximum Gasteiger partial charge on any atom is 0.243 e. The maximum absolute atomic E-state index is 9.93. The lowest BCUT2D eigenvalue weighted by Crippen LogP contribution is -2.46. The second kappa shape index (κ2) is 2.43. The second-order valence-corrected chi connectivity index (χ2v) is 3.08. The van der Waals surface area contributed by atoms with Crippen LogP contribution in [-0.2, 0) is 10.9 Å². The molecule has 0 rings (SSSR count). The third-order valence-electron chi connectivity index (χ3n) is 0.382. The molecular weight excluding hydrogens is 128 g/mol. The zero-order chi connectivity index (χ0) is 6.78. The van der Waals surface area contributed by atoms with Gasteiger partial charge in [0, 0.05) is 0 Å². The van der Waals surface area contributed by atoms with Gasteiger partial charge in [0.05, 0.1) is 21.1 Å². The number of hydrogen-bond donors (Lipinski definition) is 2. The van der Waals surface area contributed by atoms with Gasteiger partial charge in [-0.05, 0) is 0 Å². The predicted molar refractivity (Wildman–Crippen MR) is 31.5 cm³/mol. The molecule has 0 aliphatic carbocycles. The molecule has 0 spiro atoms. The van der Waals surface area contributed by atoms with Gasteiger partial charge in [0.1, 0.15) is 0 Å². The Morgan fingerprint density at radius 3 is 1.62 bits per heavy atom. The van der Waals surface area contributed by atoms with E-state index in [1.807, 2.05) is 0 Å². The van der Waals surface area contributed by atoms with Gasteiger partial charge in [-0.3, -0.25) is 0 Å². The van der Waals surface area contributed by atoms with Crippen molar-refractivity contribution < 1.29 is 13.0 Å². The Bertz CT molecular complexity index is 127. The van der Waals surface area contributed by atoms with E-state index < -0.39 is 10.9 Å². The highest BCUT2D eigenvalue weighted by molar-refractivity contribution is 7.70. The Labute approximate surface area is 50.8 Å². The molecule has 0 aliphatic rings. The molecule has 0 bridgehead atoms. The molecule has 0 atom stereocenters. The van der Waals surface area contributed by atoms with Gasteiger partial charge >= 0.3 is 0 Å². The molecule has 0 saturated carbocycles. The summed E-state index contributed by atoms with van der Waals surface area (Å²) in [6.45, 7) is 0. The first-order valence-electron chi connectivity index (χ1n) is 2.15.